The molecule has 4 heteroatoms. The summed E-state index contributed by atoms with van der Waals surface area (Å²) in [5.41, 5.74) is 2.88. The van der Waals surface area contributed by atoms with Crippen LogP contribution < -0.4 is 5.32 Å². The van der Waals surface area contributed by atoms with Gasteiger partial charge in [0.1, 0.15) is 0 Å². The van der Waals surface area contributed by atoms with E-state index in [0.717, 1.165) is 12.2 Å². The molecule has 1 N–H and O–H groups in total. The maximum Gasteiger partial charge on any atom is 0.0597 e. The van der Waals surface area contributed by atoms with Crippen molar-refractivity contribution in [3.63, 3.8) is 0 Å². The first kappa shape index (κ1) is 15.0. The molecule has 118 valence electrons. The zero-order valence-electron chi connectivity index (χ0n) is 13.9. The van der Waals surface area contributed by atoms with Crippen molar-refractivity contribution in [1.29, 1.82) is 0 Å². The Kier molecular flexibility index (Phi) is 4.36. The lowest BCUT2D eigenvalue weighted by atomic mass is 9.78. The van der Waals surface area contributed by atoms with Gasteiger partial charge in [0.2, 0.25) is 0 Å². The van der Waals surface area contributed by atoms with E-state index in [0.29, 0.717) is 11.6 Å². The molecule has 2 aliphatic rings. The highest BCUT2D eigenvalue weighted by atomic mass is 15.3. The fourth-order valence-electron chi connectivity index (χ4n) is 4.19. The monoisotopic (exact) mass is 290 g/mol. The van der Waals surface area contributed by atoms with Crippen molar-refractivity contribution in [3.8, 4) is 0 Å². The topological polar surface area (TPSA) is 33.1 Å². The maximum atomic E-state index is 4.52. The van der Waals surface area contributed by atoms with Gasteiger partial charge < -0.3 is 5.32 Å². The summed E-state index contributed by atoms with van der Waals surface area (Å²) in [4.78, 5) is 2.77. The Morgan fingerprint density at radius 3 is 2.71 bits per heavy atom. The predicted molar refractivity (Wildman–Crippen MR) is 86.3 cm³/mol. The van der Waals surface area contributed by atoms with E-state index in [1.165, 1.54) is 57.3 Å². The highest BCUT2D eigenvalue weighted by molar-refractivity contribution is 5.11. The third-order valence-corrected chi connectivity index (χ3v) is 5.56. The van der Waals surface area contributed by atoms with Crippen LogP contribution in [0.3, 0.4) is 0 Å². The normalized spacial score (nSPS) is 26.3. The Morgan fingerprint density at radius 1 is 1.33 bits per heavy atom. The number of nitrogens with zero attached hydrogens (tertiary/aromatic N) is 3. The molecule has 1 aliphatic heterocycles. The maximum absolute atomic E-state index is 4.52. The van der Waals surface area contributed by atoms with E-state index in [-0.39, 0.29) is 0 Å². The minimum atomic E-state index is 0.391. The van der Waals surface area contributed by atoms with Crippen LogP contribution in [0.25, 0.3) is 0 Å². The van der Waals surface area contributed by atoms with E-state index in [9.17, 15) is 0 Å². The number of piperazine rings is 1. The van der Waals surface area contributed by atoms with E-state index in [1.807, 2.05) is 0 Å². The second-order valence-electron chi connectivity index (χ2n) is 7.05. The molecule has 1 aliphatic carbocycles. The van der Waals surface area contributed by atoms with Gasteiger partial charge in [-0.15, -0.1) is 0 Å². The van der Waals surface area contributed by atoms with Crippen LogP contribution in [0, 0.1) is 6.92 Å². The van der Waals surface area contributed by atoms with Crippen molar-refractivity contribution < 1.29 is 0 Å². The number of hydrogen-bond donors (Lipinski definition) is 1. The molecular formula is C17H30N4. The molecule has 2 heterocycles. The summed E-state index contributed by atoms with van der Waals surface area (Å²) in [5.74, 6) is 0. The lowest BCUT2D eigenvalue weighted by Gasteiger charge is -2.52. The molecule has 1 aromatic heterocycles. The van der Waals surface area contributed by atoms with Crippen LogP contribution in [0.4, 0.5) is 0 Å². The van der Waals surface area contributed by atoms with Gasteiger partial charge in [0.05, 0.1) is 11.4 Å². The molecular weight excluding hydrogens is 260 g/mol. The summed E-state index contributed by atoms with van der Waals surface area (Å²) in [6, 6.07) is 2.89. The summed E-state index contributed by atoms with van der Waals surface area (Å²) in [6.45, 7) is 7.79. The minimum absolute atomic E-state index is 0.391. The van der Waals surface area contributed by atoms with Gasteiger partial charge in [0.25, 0.3) is 0 Å². The first-order chi connectivity index (χ1) is 10.1. The van der Waals surface area contributed by atoms with Crippen molar-refractivity contribution in [3.05, 3.63) is 17.5 Å². The number of aryl methyl sites for hydroxylation is 2. The number of nitrogens with one attached hydrogen (secondary N) is 1. The van der Waals surface area contributed by atoms with Crippen molar-refractivity contribution in [2.24, 2.45) is 7.05 Å². The Hall–Kier alpha value is -0.870. The molecule has 1 unspecified atom stereocenters. The first-order valence-corrected chi connectivity index (χ1v) is 8.61. The summed E-state index contributed by atoms with van der Waals surface area (Å²) in [7, 11) is 2.08. The molecule has 3 rings (SSSR count). The fourth-order valence-corrected chi connectivity index (χ4v) is 4.19. The van der Waals surface area contributed by atoms with Crippen LogP contribution in [-0.2, 0) is 13.6 Å². The average Bonchev–Trinajstić information content (AvgIpc) is 2.80. The van der Waals surface area contributed by atoms with Gasteiger partial charge in [0.15, 0.2) is 0 Å². The lowest BCUT2D eigenvalue weighted by Crippen LogP contribution is -2.64. The average molecular weight is 290 g/mol. The van der Waals surface area contributed by atoms with Gasteiger partial charge in [-0.1, -0.05) is 26.2 Å². The molecule has 4 nitrogen and oxygen atoms in total. The molecule has 0 amide bonds. The van der Waals surface area contributed by atoms with Gasteiger partial charge in [-0.25, -0.2) is 0 Å². The van der Waals surface area contributed by atoms with Crippen LogP contribution in [0.2, 0.25) is 0 Å². The number of hydrogen-bond acceptors (Lipinski definition) is 3. The fraction of sp³-hybridized carbons (Fsp3) is 0.824. The summed E-state index contributed by atoms with van der Waals surface area (Å²) >= 11 is 0. The molecule has 1 spiro atoms. The van der Waals surface area contributed by atoms with Crippen molar-refractivity contribution in [2.45, 2.75) is 70.5 Å². The highest BCUT2D eigenvalue weighted by Crippen LogP contribution is 2.36. The standard InChI is InChI=1S/C17H30N4/c1-4-15-11-21(12-16-10-14(2)19-20(16)3)17(13-18-15)8-6-5-7-9-17/h10,15,18H,4-9,11-13H2,1-3H3. The lowest BCUT2D eigenvalue weighted by molar-refractivity contribution is 0.00114. The van der Waals surface area contributed by atoms with Crippen LogP contribution >= 0.6 is 0 Å². The van der Waals surface area contributed by atoms with Crippen molar-refractivity contribution in [2.75, 3.05) is 13.1 Å². The Morgan fingerprint density at radius 2 is 2.10 bits per heavy atom. The van der Waals surface area contributed by atoms with Gasteiger partial charge in [0, 0.05) is 38.3 Å². The summed E-state index contributed by atoms with van der Waals surface area (Å²) in [5, 5.41) is 8.32. The third-order valence-electron chi connectivity index (χ3n) is 5.56. The second-order valence-corrected chi connectivity index (χ2v) is 7.05. The summed E-state index contributed by atoms with van der Waals surface area (Å²) < 4.78 is 2.06. The molecule has 21 heavy (non-hydrogen) atoms. The molecule has 0 bridgehead atoms. The van der Waals surface area contributed by atoms with E-state index >= 15 is 0 Å². The van der Waals surface area contributed by atoms with Gasteiger partial charge in [-0.3, -0.25) is 9.58 Å². The quantitative estimate of drug-likeness (QED) is 0.929. The molecule has 1 aromatic rings. The van der Waals surface area contributed by atoms with E-state index in [1.54, 1.807) is 0 Å². The number of rotatable bonds is 3. The Balaban J connectivity index is 1.81. The molecule has 2 fully saturated rings. The molecule has 0 aromatic carbocycles. The molecule has 1 saturated carbocycles. The Bertz CT molecular complexity index is 473. The molecule has 1 saturated heterocycles. The van der Waals surface area contributed by atoms with Crippen LogP contribution in [0.1, 0.15) is 56.8 Å². The van der Waals surface area contributed by atoms with E-state index < -0.39 is 0 Å². The van der Waals surface area contributed by atoms with Crippen LogP contribution in [-0.4, -0.2) is 39.4 Å². The van der Waals surface area contributed by atoms with Crippen molar-refractivity contribution >= 4 is 0 Å². The third kappa shape index (κ3) is 3.02. The van der Waals surface area contributed by atoms with Crippen molar-refractivity contribution in [1.82, 2.24) is 20.0 Å². The molecule has 1 atom stereocenters. The van der Waals surface area contributed by atoms with E-state index in [2.05, 4.69) is 47.0 Å². The summed E-state index contributed by atoms with van der Waals surface area (Å²) in [6.07, 6.45) is 8.12. The largest absolute Gasteiger partial charge is 0.311 e. The first-order valence-electron chi connectivity index (χ1n) is 8.61. The van der Waals surface area contributed by atoms with Crippen LogP contribution in [0.15, 0.2) is 6.07 Å². The van der Waals surface area contributed by atoms with Crippen LogP contribution in [0.5, 0.6) is 0 Å². The number of aromatic nitrogens is 2. The molecule has 0 radical (unpaired) electrons. The van der Waals surface area contributed by atoms with Gasteiger partial charge >= 0.3 is 0 Å². The van der Waals surface area contributed by atoms with E-state index in [4.69, 9.17) is 0 Å². The Labute approximate surface area is 128 Å². The SMILES string of the molecule is CCC1CN(Cc2cc(C)nn2C)C2(CCCCC2)CN1. The highest BCUT2D eigenvalue weighted by Gasteiger charge is 2.41. The minimum Gasteiger partial charge on any atom is -0.311 e. The zero-order valence-corrected chi connectivity index (χ0v) is 13.9. The van der Waals surface area contributed by atoms with Gasteiger partial charge in [-0.05, 0) is 32.3 Å². The predicted octanol–water partition coefficient (Wildman–Crippen LogP) is 2.62. The zero-order chi connectivity index (χ0) is 14.9. The van der Waals surface area contributed by atoms with Gasteiger partial charge in [-0.2, -0.15) is 5.10 Å². The smallest absolute Gasteiger partial charge is 0.0597 e. The second kappa shape index (κ2) is 6.09.